The van der Waals surface area contributed by atoms with E-state index in [1.807, 2.05) is 18.3 Å². The molecule has 0 aliphatic carbocycles. The molecule has 0 aliphatic rings. The molecule has 0 unspecified atom stereocenters. The molecule has 20 heavy (non-hydrogen) atoms. The Balaban J connectivity index is 2.03. The van der Waals surface area contributed by atoms with Crippen molar-refractivity contribution in [3.8, 4) is 0 Å². The van der Waals surface area contributed by atoms with E-state index in [4.69, 9.17) is 0 Å². The van der Waals surface area contributed by atoms with Crippen LogP contribution in [0.15, 0.2) is 50.9 Å². The fraction of sp³-hybridized carbons (Fsp3) is 0.312. The third kappa shape index (κ3) is 4.62. The first kappa shape index (κ1) is 15.5. The van der Waals surface area contributed by atoms with Crippen molar-refractivity contribution in [3.05, 3.63) is 52.1 Å². The second kappa shape index (κ2) is 7.81. The van der Waals surface area contributed by atoms with Crippen molar-refractivity contribution < 1.29 is 0 Å². The van der Waals surface area contributed by atoms with Crippen molar-refractivity contribution in [2.45, 2.75) is 36.7 Å². The molecular formula is C16H19BrN2S. The molecular weight excluding hydrogens is 332 g/mol. The molecule has 106 valence electrons. The van der Waals surface area contributed by atoms with Crippen LogP contribution in [0.2, 0.25) is 0 Å². The number of hydrogen-bond acceptors (Lipinski definition) is 3. The smallest absolute Gasteiger partial charge is 0.101 e. The zero-order valence-electron chi connectivity index (χ0n) is 11.8. The summed E-state index contributed by atoms with van der Waals surface area (Å²) >= 11 is 5.11. The molecule has 1 aromatic carbocycles. The van der Waals surface area contributed by atoms with Crippen LogP contribution in [0.25, 0.3) is 0 Å². The molecule has 1 N–H and O–H groups in total. The van der Waals surface area contributed by atoms with E-state index < -0.39 is 0 Å². The largest absolute Gasteiger partial charge is 0.313 e. The average Bonchev–Trinajstić information content (AvgIpc) is 2.44. The summed E-state index contributed by atoms with van der Waals surface area (Å²) in [6.07, 6.45) is 3.00. The van der Waals surface area contributed by atoms with Crippen LogP contribution in [-0.4, -0.2) is 11.5 Å². The van der Waals surface area contributed by atoms with Crippen LogP contribution >= 0.6 is 27.7 Å². The molecule has 2 aromatic rings. The molecule has 0 atom stereocenters. The lowest BCUT2D eigenvalue weighted by Crippen LogP contribution is -2.13. The Hall–Kier alpha value is -0.840. The van der Waals surface area contributed by atoms with Crippen LogP contribution in [0.5, 0.6) is 0 Å². The molecule has 0 radical (unpaired) electrons. The highest BCUT2D eigenvalue weighted by Gasteiger charge is 2.04. The molecule has 2 rings (SSSR count). The number of nitrogens with zero attached hydrogens (tertiary/aromatic N) is 1. The van der Waals surface area contributed by atoms with Crippen LogP contribution in [0.4, 0.5) is 0 Å². The average molecular weight is 351 g/mol. The van der Waals surface area contributed by atoms with E-state index in [0.717, 1.165) is 22.6 Å². The number of hydrogen-bond donors (Lipinski definition) is 1. The number of aryl methyl sites for hydroxylation is 1. The SMILES string of the molecule is CCCNCc1ccc(Sc2ccc(Br)cn2)c(C)c1. The standard InChI is InChI=1S/C16H19BrN2S/c1-3-8-18-10-13-4-6-15(12(2)9-13)20-16-7-5-14(17)11-19-16/h4-7,9,11,18H,3,8,10H2,1-2H3. The van der Waals surface area contributed by atoms with Gasteiger partial charge in [-0.15, -0.1) is 0 Å². The van der Waals surface area contributed by atoms with Gasteiger partial charge in [-0.2, -0.15) is 0 Å². The third-order valence-corrected chi connectivity index (χ3v) is 4.51. The molecule has 1 heterocycles. The van der Waals surface area contributed by atoms with E-state index in [0.29, 0.717) is 0 Å². The molecule has 0 saturated carbocycles. The van der Waals surface area contributed by atoms with E-state index >= 15 is 0 Å². The van der Waals surface area contributed by atoms with Gasteiger partial charge in [0.2, 0.25) is 0 Å². The summed E-state index contributed by atoms with van der Waals surface area (Å²) < 4.78 is 1.01. The number of aromatic nitrogens is 1. The van der Waals surface area contributed by atoms with Crippen molar-refractivity contribution >= 4 is 27.7 Å². The Morgan fingerprint density at radius 2 is 2.10 bits per heavy atom. The maximum atomic E-state index is 4.40. The Morgan fingerprint density at radius 3 is 2.75 bits per heavy atom. The minimum absolute atomic E-state index is 0.941. The Morgan fingerprint density at radius 1 is 1.25 bits per heavy atom. The minimum atomic E-state index is 0.941. The maximum absolute atomic E-state index is 4.40. The van der Waals surface area contributed by atoms with Crippen molar-refractivity contribution in [1.29, 1.82) is 0 Å². The van der Waals surface area contributed by atoms with Crippen LogP contribution < -0.4 is 5.32 Å². The number of rotatable bonds is 6. The molecule has 0 bridgehead atoms. The fourth-order valence-electron chi connectivity index (χ4n) is 1.88. The first-order valence-electron chi connectivity index (χ1n) is 6.78. The maximum Gasteiger partial charge on any atom is 0.101 e. The van der Waals surface area contributed by atoms with Gasteiger partial charge in [0.05, 0.1) is 0 Å². The second-order valence-electron chi connectivity index (χ2n) is 4.69. The van der Waals surface area contributed by atoms with E-state index in [-0.39, 0.29) is 0 Å². The zero-order chi connectivity index (χ0) is 14.4. The molecule has 0 amide bonds. The normalized spacial score (nSPS) is 10.8. The lowest BCUT2D eigenvalue weighted by atomic mass is 10.1. The van der Waals surface area contributed by atoms with Crippen molar-refractivity contribution in [1.82, 2.24) is 10.3 Å². The van der Waals surface area contributed by atoms with Gasteiger partial charge >= 0.3 is 0 Å². The first-order chi connectivity index (χ1) is 9.69. The highest BCUT2D eigenvalue weighted by atomic mass is 79.9. The summed E-state index contributed by atoms with van der Waals surface area (Å²) in [6, 6.07) is 10.7. The van der Waals surface area contributed by atoms with Gasteiger partial charge in [0.1, 0.15) is 5.03 Å². The molecule has 0 saturated heterocycles. The third-order valence-electron chi connectivity index (χ3n) is 2.91. The quantitative estimate of drug-likeness (QED) is 0.757. The Kier molecular flexibility index (Phi) is 6.07. The summed E-state index contributed by atoms with van der Waals surface area (Å²) in [7, 11) is 0. The van der Waals surface area contributed by atoms with E-state index in [2.05, 4.69) is 58.3 Å². The predicted molar refractivity (Wildman–Crippen MR) is 89.2 cm³/mol. The Bertz CT molecular complexity index is 555. The van der Waals surface area contributed by atoms with Gasteiger partial charge in [-0.25, -0.2) is 4.98 Å². The van der Waals surface area contributed by atoms with E-state index in [9.17, 15) is 0 Å². The van der Waals surface area contributed by atoms with Crippen molar-refractivity contribution in [2.75, 3.05) is 6.54 Å². The van der Waals surface area contributed by atoms with Crippen molar-refractivity contribution in [2.24, 2.45) is 0 Å². The predicted octanol–water partition coefficient (Wildman–Crippen LogP) is 4.80. The molecule has 0 fully saturated rings. The van der Waals surface area contributed by atoms with E-state index in [1.54, 1.807) is 11.8 Å². The van der Waals surface area contributed by atoms with Gasteiger partial charge in [0.15, 0.2) is 0 Å². The summed E-state index contributed by atoms with van der Waals surface area (Å²) in [4.78, 5) is 5.66. The lowest BCUT2D eigenvalue weighted by Gasteiger charge is -2.09. The first-order valence-corrected chi connectivity index (χ1v) is 8.39. The van der Waals surface area contributed by atoms with Gasteiger partial charge in [-0.1, -0.05) is 30.8 Å². The number of halogens is 1. The van der Waals surface area contributed by atoms with Gasteiger partial charge in [0, 0.05) is 22.1 Å². The number of nitrogens with one attached hydrogen (secondary N) is 1. The van der Waals surface area contributed by atoms with Crippen LogP contribution in [0, 0.1) is 6.92 Å². The van der Waals surface area contributed by atoms with Gasteiger partial charge in [-0.05, 0) is 65.1 Å². The molecule has 0 spiro atoms. The highest BCUT2D eigenvalue weighted by Crippen LogP contribution is 2.29. The topological polar surface area (TPSA) is 24.9 Å². The zero-order valence-corrected chi connectivity index (χ0v) is 14.2. The van der Waals surface area contributed by atoms with Crippen molar-refractivity contribution in [3.63, 3.8) is 0 Å². The van der Waals surface area contributed by atoms with E-state index in [1.165, 1.54) is 22.4 Å². The van der Waals surface area contributed by atoms with Gasteiger partial charge in [-0.3, -0.25) is 0 Å². The van der Waals surface area contributed by atoms with Gasteiger partial charge < -0.3 is 5.32 Å². The monoisotopic (exact) mass is 350 g/mol. The molecule has 1 aromatic heterocycles. The number of pyridine rings is 1. The van der Waals surface area contributed by atoms with Gasteiger partial charge in [0.25, 0.3) is 0 Å². The summed E-state index contributed by atoms with van der Waals surface area (Å²) in [5.74, 6) is 0. The summed E-state index contributed by atoms with van der Waals surface area (Å²) in [5, 5.41) is 4.45. The Labute approximate surface area is 133 Å². The molecule has 0 aliphatic heterocycles. The summed E-state index contributed by atoms with van der Waals surface area (Å²) in [5.41, 5.74) is 2.64. The minimum Gasteiger partial charge on any atom is -0.313 e. The molecule has 4 heteroatoms. The number of benzene rings is 1. The fourth-order valence-corrected chi connectivity index (χ4v) is 2.94. The highest BCUT2D eigenvalue weighted by molar-refractivity contribution is 9.10. The summed E-state index contributed by atoms with van der Waals surface area (Å²) in [6.45, 7) is 6.35. The second-order valence-corrected chi connectivity index (χ2v) is 6.67. The van der Waals surface area contributed by atoms with Crippen LogP contribution in [0.3, 0.4) is 0 Å². The molecule has 2 nitrogen and oxygen atoms in total. The lowest BCUT2D eigenvalue weighted by molar-refractivity contribution is 0.675. The van der Waals surface area contributed by atoms with Crippen LogP contribution in [0.1, 0.15) is 24.5 Å². The van der Waals surface area contributed by atoms with Crippen LogP contribution in [-0.2, 0) is 6.54 Å².